The van der Waals surface area contributed by atoms with Gasteiger partial charge in [-0.1, -0.05) is 227 Å². The number of hydrogen-bond acceptors (Lipinski definition) is 6. The van der Waals surface area contributed by atoms with E-state index in [1.807, 2.05) is 0 Å². The first-order valence-electron chi connectivity index (χ1n) is 29.2. The Morgan fingerprint density at radius 2 is 0.557 bits per heavy atom. The van der Waals surface area contributed by atoms with Crippen LogP contribution in [0.2, 0.25) is 0 Å². The van der Waals surface area contributed by atoms with Crippen molar-refractivity contribution in [1.29, 1.82) is 0 Å². The van der Waals surface area contributed by atoms with Crippen LogP contribution in [0, 0.1) is 0 Å². The maximum absolute atomic E-state index is 12.9. The lowest BCUT2D eigenvalue weighted by Gasteiger charge is -2.18. The molecule has 0 spiro atoms. The highest BCUT2D eigenvalue weighted by Crippen LogP contribution is 2.14. The standard InChI is InChI=1S/C64H108O6/c1-4-7-10-13-16-19-22-25-27-29-30-31-32-33-34-36-37-39-42-45-48-51-54-57-63(66)69-60-61(59-68-62(65)56-53-50-47-44-41-24-21-18-15-12-9-6-3)70-64(67)58-55-52-49-46-43-40-38-35-28-26-23-20-17-14-11-8-5-2/h7,10,16-21,25-28,30-31,33-34,61H,4-6,8-9,11-15,22-24,29,32,35-60H2,1-3H3/b10-7-,19-16-,20-17-,21-18-,27-25-,28-26-,31-30-,34-33-. The Bertz CT molecular complexity index is 1400. The summed E-state index contributed by atoms with van der Waals surface area (Å²) < 4.78 is 16.9. The minimum atomic E-state index is -0.791. The second-order valence-electron chi connectivity index (χ2n) is 19.2. The van der Waals surface area contributed by atoms with Gasteiger partial charge in [-0.2, -0.15) is 0 Å². The van der Waals surface area contributed by atoms with Crippen molar-refractivity contribution in [3.8, 4) is 0 Å². The van der Waals surface area contributed by atoms with Crippen molar-refractivity contribution in [3.63, 3.8) is 0 Å². The maximum atomic E-state index is 12.9. The number of hydrogen-bond donors (Lipinski definition) is 0. The molecular formula is C64H108O6. The molecule has 0 aromatic carbocycles. The van der Waals surface area contributed by atoms with Crippen molar-refractivity contribution < 1.29 is 28.6 Å². The summed E-state index contributed by atoms with van der Waals surface area (Å²) in [4.78, 5) is 38.2. The molecule has 0 bridgehead atoms. The molecule has 0 aliphatic rings. The first-order valence-corrected chi connectivity index (χ1v) is 29.2. The quantitative estimate of drug-likeness (QED) is 0.0262. The van der Waals surface area contributed by atoms with E-state index in [9.17, 15) is 14.4 Å². The van der Waals surface area contributed by atoms with Crippen LogP contribution in [0.1, 0.15) is 271 Å². The lowest BCUT2D eigenvalue weighted by atomic mass is 10.1. The fourth-order valence-corrected chi connectivity index (χ4v) is 7.91. The summed E-state index contributed by atoms with van der Waals surface area (Å²) in [7, 11) is 0. The number of carbonyl (C=O) groups excluding carboxylic acids is 3. The second-order valence-corrected chi connectivity index (χ2v) is 19.2. The second kappa shape index (κ2) is 57.9. The molecule has 1 atom stereocenters. The molecule has 0 saturated carbocycles. The molecule has 6 heteroatoms. The van der Waals surface area contributed by atoms with E-state index in [-0.39, 0.29) is 31.1 Å². The minimum Gasteiger partial charge on any atom is -0.462 e. The van der Waals surface area contributed by atoms with Gasteiger partial charge in [-0.3, -0.25) is 14.4 Å². The van der Waals surface area contributed by atoms with E-state index in [1.165, 1.54) is 116 Å². The summed E-state index contributed by atoms with van der Waals surface area (Å²) in [6, 6.07) is 0. The number of ether oxygens (including phenoxy) is 3. The van der Waals surface area contributed by atoms with Crippen molar-refractivity contribution in [2.75, 3.05) is 13.2 Å². The van der Waals surface area contributed by atoms with Gasteiger partial charge in [-0.25, -0.2) is 0 Å². The van der Waals surface area contributed by atoms with Crippen molar-refractivity contribution in [1.82, 2.24) is 0 Å². The van der Waals surface area contributed by atoms with Crippen LogP contribution >= 0.6 is 0 Å². The Kier molecular flexibility index (Phi) is 54.9. The van der Waals surface area contributed by atoms with Crippen molar-refractivity contribution >= 4 is 17.9 Å². The smallest absolute Gasteiger partial charge is 0.306 e. The molecule has 0 N–H and O–H groups in total. The van der Waals surface area contributed by atoms with Gasteiger partial charge < -0.3 is 14.2 Å². The van der Waals surface area contributed by atoms with Crippen molar-refractivity contribution in [2.45, 2.75) is 277 Å². The monoisotopic (exact) mass is 973 g/mol. The number of rotatable bonds is 52. The normalized spacial score (nSPS) is 12.8. The van der Waals surface area contributed by atoms with Gasteiger partial charge in [0.2, 0.25) is 0 Å². The Labute approximate surface area is 432 Å². The zero-order chi connectivity index (χ0) is 50.7. The predicted molar refractivity (Wildman–Crippen MR) is 302 cm³/mol. The first kappa shape index (κ1) is 66.3. The Balaban J connectivity index is 4.38. The minimum absolute atomic E-state index is 0.0888. The van der Waals surface area contributed by atoms with Gasteiger partial charge >= 0.3 is 17.9 Å². The Hall–Kier alpha value is -3.67. The molecule has 1 unspecified atom stereocenters. The highest BCUT2D eigenvalue weighted by Gasteiger charge is 2.19. The SMILES string of the molecule is CC/C=C\C/C=C\C/C=C\C/C=C\C/C=C\CCCCCCCCCC(=O)OCC(COC(=O)CCCCCCC/C=C\CCCCC)OC(=O)CCCCCCCCC/C=C\C/C=C\CCCCC. The van der Waals surface area contributed by atoms with Crippen LogP contribution in [0.25, 0.3) is 0 Å². The van der Waals surface area contributed by atoms with Crippen LogP contribution in [0.5, 0.6) is 0 Å². The third kappa shape index (κ3) is 55.3. The lowest BCUT2D eigenvalue weighted by Crippen LogP contribution is -2.30. The number of unbranched alkanes of at least 4 members (excludes halogenated alkanes) is 25. The Morgan fingerprint density at radius 1 is 0.300 bits per heavy atom. The molecule has 0 aliphatic heterocycles. The fraction of sp³-hybridized carbons (Fsp3) is 0.703. The van der Waals surface area contributed by atoms with Gasteiger partial charge in [0.15, 0.2) is 6.10 Å². The molecule has 0 heterocycles. The molecule has 0 saturated heterocycles. The van der Waals surface area contributed by atoms with Crippen molar-refractivity contribution in [3.05, 3.63) is 97.2 Å². The van der Waals surface area contributed by atoms with Gasteiger partial charge in [-0.05, 0) is 122 Å². The highest BCUT2D eigenvalue weighted by molar-refractivity contribution is 5.71. The predicted octanol–water partition coefficient (Wildman–Crippen LogP) is 19.7. The van der Waals surface area contributed by atoms with E-state index in [1.54, 1.807) is 0 Å². The van der Waals surface area contributed by atoms with Gasteiger partial charge in [0.1, 0.15) is 13.2 Å². The third-order valence-electron chi connectivity index (χ3n) is 12.3. The van der Waals surface area contributed by atoms with Gasteiger partial charge in [0, 0.05) is 19.3 Å². The molecule has 0 amide bonds. The zero-order valence-electron chi connectivity index (χ0n) is 45.8. The molecule has 0 aliphatic carbocycles. The average molecular weight is 974 g/mol. The molecule has 6 nitrogen and oxygen atoms in total. The van der Waals surface area contributed by atoms with Crippen LogP contribution in [0.15, 0.2) is 97.2 Å². The fourth-order valence-electron chi connectivity index (χ4n) is 7.91. The van der Waals surface area contributed by atoms with Crippen LogP contribution in [0.3, 0.4) is 0 Å². The molecule has 0 radical (unpaired) electrons. The molecule has 400 valence electrons. The summed E-state index contributed by atoms with van der Waals surface area (Å²) in [6.45, 7) is 6.46. The summed E-state index contributed by atoms with van der Waals surface area (Å²) in [5.74, 6) is -0.913. The first-order chi connectivity index (χ1) is 34.5. The largest absolute Gasteiger partial charge is 0.462 e. The number of allylic oxidation sites excluding steroid dienone is 16. The summed E-state index contributed by atoms with van der Waals surface area (Å²) in [6.07, 6.45) is 76.8. The van der Waals surface area contributed by atoms with Gasteiger partial charge in [-0.15, -0.1) is 0 Å². The topological polar surface area (TPSA) is 78.9 Å². The van der Waals surface area contributed by atoms with E-state index < -0.39 is 6.10 Å². The van der Waals surface area contributed by atoms with Crippen LogP contribution in [0.4, 0.5) is 0 Å². The molecule has 70 heavy (non-hydrogen) atoms. The van der Waals surface area contributed by atoms with E-state index in [0.29, 0.717) is 19.3 Å². The highest BCUT2D eigenvalue weighted by atomic mass is 16.6. The zero-order valence-corrected chi connectivity index (χ0v) is 45.8. The average Bonchev–Trinajstić information content (AvgIpc) is 3.36. The lowest BCUT2D eigenvalue weighted by molar-refractivity contribution is -0.167. The summed E-state index contributed by atoms with van der Waals surface area (Å²) in [5.41, 5.74) is 0. The van der Waals surface area contributed by atoms with E-state index >= 15 is 0 Å². The number of carbonyl (C=O) groups is 3. The van der Waals surface area contributed by atoms with Crippen LogP contribution in [-0.2, 0) is 28.6 Å². The van der Waals surface area contributed by atoms with Gasteiger partial charge in [0.05, 0.1) is 0 Å². The van der Waals surface area contributed by atoms with E-state index in [2.05, 4.69) is 118 Å². The molecule has 0 rings (SSSR count). The van der Waals surface area contributed by atoms with Crippen LogP contribution in [-0.4, -0.2) is 37.2 Å². The summed E-state index contributed by atoms with van der Waals surface area (Å²) >= 11 is 0. The molecular weight excluding hydrogens is 865 g/mol. The van der Waals surface area contributed by atoms with E-state index in [0.717, 1.165) is 116 Å². The molecule has 0 aromatic rings. The summed E-state index contributed by atoms with van der Waals surface area (Å²) in [5, 5.41) is 0. The molecule has 0 fully saturated rings. The van der Waals surface area contributed by atoms with E-state index in [4.69, 9.17) is 14.2 Å². The third-order valence-corrected chi connectivity index (χ3v) is 12.3. The number of esters is 3. The molecule has 0 aromatic heterocycles. The Morgan fingerprint density at radius 3 is 0.886 bits per heavy atom. The maximum Gasteiger partial charge on any atom is 0.306 e. The van der Waals surface area contributed by atoms with Gasteiger partial charge in [0.25, 0.3) is 0 Å². The van der Waals surface area contributed by atoms with Crippen LogP contribution < -0.4 is 0 Å². The van der Waals surface area contributed by atoms with Crippen molar-refractivity contribution in [2.24, 2.45) is 0 Å².